The van der Waals surface area contributed by atoms with Crippen LogP contribution in [0.3, 0.4) is 0 Å². The van der Waals surface area contributed by atoms with Crippen molar-refractivity contribution in [2.75, 3.05) is 7.11 Å². The number of hydrogen-bond donors (Lipinski definition) is 0. The van der Waals surface area contributed by atoms with Crippen molar-refractivity contribution in [3.8, 4) is 5.75 Å². The molecule has 0 aliphatic rings. The van der Waals surface area contributed by atoms with Crippen LogP contribution in [0.1, 0.15) is 5.69 Å². The fourth-order valence-electron chi connectivity index (χ4n) is 1.36. The first-order valence-electron chi connectivity index (χ1n) is 4.29. The summed E-state index contributed by atoms with van der Waals surface area (Å²) in [5.74, 6) is 0.507. The number of aryl methyl sites for hydroxylation is 1. The minimum Gasteiger partial charge on any atom is -0.493 e. The summed E-state index contributed by atoms with van der Waals surface area (Å²) in [6.45, 7) is 1.85. The summed E-state index contributed by atoms with van der Waals surface area (Å²) < 4.78 is 5.18. The quantitative estimate of drug-likeness (QED) is 0.771. The maximum atomic E-state index is 6.00. The Bertz CT molecular complexity index is 528. The minimum atomic E-state index is 0.440. The molecule has 0 bridgehead atoms. The first kappa shape index (κ1) is 10.5. The molecule has 0 amide bonds. The van der Waals surface area contributed by atoms with Gasteiger partial charge >= 0.3 is 0 Å². The predicted molar refractivity (Wildman–Crippen MR) is 60.8 cm³/mol. The first-order chi connectivity index (χ1) is 7.13. The third kappa shape index (κ3) is 1.73. The van der Waals surface area contributed by atoms with E-state index in [1.54, 1.807) is 19.4 Å². The molecule has 0 unspecified atom stereocenters. The lowest BCUT2D eigenvalue weighted by molar-refractivity contribution is 0.419. The van der Waals surface area contributed by atoms with Crippen molar-refractivity contribution in [1.29, 1.82) is 0 Å². The fraction of sp³-hybridized carbons (Fsp3) is 0.200. The van der Waals surface area contributed by atoms with E-state index in [4.69, 9.17) is 27.9 Å². The SMILES string of the molecule is COc1c(Cl)cc(Cl)c2ncc(C)nc12. The van der Waals surface area contributed by atoms with Crippen LogP contribution in [-0.4, -0.2) is 17.1 Å². The van der Waals surface area contributed by atoms with Gasteiger partial charge in [-0.25, -0.2) is 4.98 Å². The maximum absolute atomic E-state index is 6.00. The standard InChI is InChI=1S/C10H8Cl2N2O/c1-5-4-13-8-6(11)3-7(12)10(15-2)9(8)14-5/h3-4H,1-2H3. The van der Waals surface area contributed by atoms with Crippen molar-refractivity contribution in [3.05, 3.63) is 28.0 Å². The number of fused-ring (bicyclic) bond motifs is 1. The number of ether oxygens (including phenoxy) is 1. The largest absolute Gasteiger partial charge is 0.493 e. The van der Waals surface area contributed by atoms with E-state index in [0.717, 1.165) is 5.69 Å². The van der Waals surface area contributed by atoms with E-state index >= 15 is 0 Å². The number of halogens is 2. The van der Waals surface area contributed by atoms with E-state index in [1.165, 1.54) is 0 Å². The van der Waals surface area contributed by atoms with Gasteiger partial charge in [-0.05, 0) is 13.0 Å². The number of rotatable bonds is 1. The van der Waals surface area contributed by atoms with Gasteiger partial charge in [0.15, 0.2) is 5.75 Å². The van der Waals surface area contributed by atoms with Gasteiger partial charge in [0.25, 0.3) is 0 Å². The second-order valence-electron chi connectivity index (χ2n) is 3.08. The van der Waals surface area contributed by atoms with E-state index < -0.39 is 0 Å². The molecule has 0 saturated carbocycles. The Balaban J connectivity index is 2.91. The van der Waals surface area contributed by atoms with Gasteiger partial charge in [-0.15, -0.1) is 0 Å². The van der Waals surface area contributed by atoms with Gasteiger partial charge in [0.05, 0.1) is 22.8 Å². The lowest BCUT2D eigenvalue weighted by Crippen LogP contribution is -1.93. The molecule has 0 aliphatic heterocycles. The molecule has 2 rings (SSSR count). The lowest BCUT2D eigenvalue weighted by Gasteiger charge is -2.08. The highest BCUT2D eigenvalue weighted by Crippen LogP contribution is 2.35. The molecule has 0 aliphatic carbocycles. The average molecular weight is 243 g/mol. The van der Waals surface area contributed by atoms with E-state index in [0.29, 0.717) is 26.8 Å². The van der Waals surface area contributed by atoms with Gasteiger partial charge < -0.3 is 4.74 Å². The monoisotopic (exact) mass is 242 g/mol. The zero-order valence-corrected chi connectivity index (χ0v) is 9.73. The molecule has 0 N–H and O–H groups in total. The number of nitrogens with zero attached hydrogens (tertiary/aromatic N) is 2. The second-order valence-corrected chi connectivity index (χ2v) is 3.90. The van der Waals surface area contributed by atoms with Crippen LogP contribution in [0.2, 0.25) is 10.0 Å². The van der Waals surface area contributed by atoms with Crippen molar-refractivity contribution >= 4 is 34.2 Å². The van der Waals surface area contributed by atoms with Gasteiger partial charge in [0.2, 0.25) is 0 Å². The number of aromatic nitrogens is 2. The molecule has 78 valence electrons. The molecule has 1 aromatic carbocycles. The Morgan fingerprint density at radius 2 is 1.93 bits per heavy atom. The van der Waals surface area contributed by atoms with Crippen LogP contribution in [0.5, 0.6) is 5.75 Å². The van der Waals surface area contributed by atoms with Crippen molar-refractivity contribution < 1.29 is 4.74 Å². The van der Waals surface area contributed by atoms with E-state index in [9.17, 15) is 0 Å². The molecule has 0 spiro atoms. The highest BCUT2D eigenvalue weighted by Gasteiger charge is 2.12. The van der Waals surface area contributed by atoms with Crippen molar-refractivity contribution in [1.82, 2.24) is 9.97 Å². The van der Waals surface area contributed by atoms with Crippen LogP contribution >= 0.6 is 23.2 Å². The van der Waals surface area contributed by atoms with E-state index in [1.807, 2.05) is 6.92 Å². The Kier molecular flexibility index (Phi) is 2.67. The van der Waals surface area contributed by atoms with Crippen LogP contribution in [0.4, 0.5) is 0 Å². The normalized spacial score (nSPS) is 10.7. The summed E-state index contributed by atoms with van der Waals surface area (Å²) in [6, 6.07) is 1.61. The number of hydrogen-bond acceptors (Lipinski definition) is 3. The zero-order chi connectivity index (χ0) is 11.0. The van der Waals surface area contributed by atoms with Crippen LogP contribution in [0.25, 0.3) is 11.0 Å². The summed E-state index contributed by atoms with van der Waals surface area (Å²) in [7, 11) is 1.54. The zero-order valence-electron chi connectivity index (χ0n) is 8.21. The molecule has 1 aromatic heterocycles. The summed E-state index contributed by atoms with van der Waals surface area (Å²) in [5.41, 5.74) is 1.98. The molecule has 0 radical (unpaired) electrons. The van der Waals surface area contributed by atoms with Crippen LogP contribution < -0.4 is 4.74 Å². The average Bonchev–Trinajstić information content (AvgIpc) is 2.17. The molecule has 0 saturated heterocycles. The molecular weight excluding hydrogens is 235 g/mol. The van der Waals surface area contributed by atoms with Gasteiger partial charge in [-0.1, -0.05) is 23.2 Å². The van der Waals surface area contributed by atoms with Gasteiger partial charge in [0.1, 0.15) is 11.0 Å². The summed E-state index contributed by atoms with van der Waals surface area (Å²) in [4.78, 5) is 8.51. The lowest BCUT2D eigenvalue weighted by atomic mass is 10.2. The summed E-state index contributed by atoms with van der Waals surface area (Å²) in [5, 5.41) is 0.915. The molecule has 0 atom stereocenters. The summed E-state index contributed by atoms with van der Waals surface area (Å²) >= 11 is 12.0. The van der Waals surface area contributed by atoms with Gasteiger partial charge in [-0.3, -0.25) is 4.98 Å². The highest BCUT2D eigenvalue weighted by molar-refractivity contribution is 6.39. The molecule has 0 fully saturated rings. The van der Waals surface area contributed by atoms with E-state index in [-0.39, 0.29) is 0 Å². The smallest absolute Gasteiger partial charge is 0.165 e. The van der Waals surface area contributed by atoms with Gasteiger partial charge in [-0.2, -0.15) is 0 Å². The molecule has 3 nitrogen and oxygen atoms in total. The Morgan fingerprint density at radius 3 is 2.60 bits per heavy atom. The number of methoxy groups -OCH3 is 1. The van der Waals surface area contributed by atoms with Crippen LogP contribution in [-0.2, 0) is 0 Å². The maximum Gasteiger partial charge on any atom is 0.165 e. The molecule has 1 heterocycles. The third-order valence-corrected chi connectivity index (χ3v) is 2.58. The highest BCUT2D eigenvalue weighted by atomic mass is 35.5. The van der Waals surface area contributed by atoms with E-state index in [2.05, 4.69) is 9.97 Å². The van der Waals surface area contributed by atoms with Crippen molar-refractivity contribution in [3.63, 3.8) is 0 Å². The van der Waals surface area contributed by atoms with Crippen LogP contribution in [0, 0.1) is 6.92 Å². The molecule has 2 aromatic rings. The predicted octanol–water partition coefficient (Wildman–Crippen LogP) is 3.25. The topological polar surface area (TPSA) is 35.0 Å². The van der Waals surface area contributed by atoms with Crippen molar-refractivity contribution in [2.24, 2.45) is 0 Å². The number of benzene rings is 1. The summed E-state index contributed by atoms with van der Waals surface area (Å²) in [6.07, 6.45) is 1.65. The molecular formula is C10H8Cl2N2O. The second kappa shape index (κ2) is 3.83. The first-order valence-corrected chi connectivity index (χ1v) is 5.04. The third-order valence-electron chi connectivity index (χ3n) is 2.01. The fourth-order valence-corrected chi connectivity index (χ4v) is 1.94. The Morgan fingerprint density at radius 1 is 1.20 bits per heavy atom. The van der Waals surface area contributed by atoms with Gasteiger partial charge in [0, 0.05) is 6.20 Å². The van der Waals surface area contributed by atoms with Crippen LogP contribution in [0.15, 0.2) is 12.3 Å². The minimum absolute atomic E-state index is 0.440. The Hall–Kier alpha value is -1.06. The molecule has 15 heavy (non-hydrogen) atoms. The van der Waals surface area contributed by atoms with Crippen molar-refractivity contribution in [2.45, 2.75) is 6.92 Å². The Labute approximate surface area is 97.0 Å². The molecule has 5 heteroatoms.